The van der Waals surface area contributed by atoms with Crippen molar-refractivity contribution < 1.29 is 19.4 Å². The number of methoxy groups -OCH3 is 2. The second-order valence-electron chi connectivity index (χ2n) is 5.70. The Morgan fingerprint density at radius 2 is 2.08 bits per heavy atom. The highest BCUT2D eigenvalue weighted by molar-refractivity contribution is 6.35. The zero-order valence-electron chi connectivity index (χ0n) is 13.9. The Morgan fingerprint density at radius 3 is 2.68 bits per heavy atom. The van der Waals surface area contributed by atoms with Gasteiger partial charge in [-0.05, 0) is 25.0 Å². The van der Waals surface area contributed by atoms with Crippen LogP contribution in [0, 0.1) is 0 Å². The molecule has 0 amide bonds. The highest BCUT2D eigenvalue weighted by Gasteiger charge is 2.29. The molecule has 2 aromatic rings. The van der Waals surface area contributed by atoms with Gasteiger partial charge < -0.3 is 19.9 Å². The Labute approximate surface area is 150 Å². The van der Waals surface area contributed by atoms with E-state index in [1.165, 1.54) is 0 Å². The third-order valence-corrected chi connectivity index (χ3v) is 4.31. The molecule has 25 heavy (non-hydrogen) atoms. The highest BCUT2D eigenvalue weighted by atomic mass is 35.5. The SMILES string of the molecule is COc1ccc(CNc2nc(C3CC3)nc(C(=O)O)c2Cl)c(OC)c1. The van der Waals surface area contributed by atoms with E-state index in [9.17, 15) is 9.90 Å². The van der Waals surface area contributed by atoms with Gasteiger partial charge in [0.2, 0.25) is 0 Å². The molecule has 0 bridgehead atoms. The van der Waals surface area contributed by atoms with Crippen molar-refractivity contribution in [1.29, 1.82) is 0 Å². The predicted octanol–water partition coefficient (Wildman–Crippen LogP) is 3.33. The first-order valence-corrected chi connectivity index (χ1v) is 8.16. The van der Waals surface area contributed by atoms with Crippen molar-refractivity contribution in [3.8, 4) is 11.5 Å². The highest BCUT2D eigenvalue weighted by Crippen LogP contribution is 2.39. The van der Waals surface area contributed by atoms with Crippen LogP contribution in [0.4, 0.5) is 5.82 Å². The van der Waals surface area contributed by atoms with E-state index in [1.54, 1.807) is 20.3 Å². The smallest absolute Gasteiger partial charge is 0.356 e. The molecule has 1 aliphatic rings. The lowest BCUT2D eigenvalue weighted by Crippen LogP contribution is -2.11. The van der Waals surface area contributed by atoms with E-state index in [-0.39, 0.29) is 16.6 Å². The number of carboxylic acids is 1. The number of carboxylic acid groups (broad SMARTS) is 1. The van der Waals surface area contributed by atoms with E-state index in [0.29, 0.717) is 29.7 Å². The minimum absolute atomic E-state index is 0.00405. The zero-order chi connectivity index (χ0) is 18.0. The summed E-state index contributed by atoms with van der Waals surface area (Å²) < 4.78 is 10.5. The van der Waals surface area contributed by atoms with Gasteiger partial charge >= 0.3 is 5.97 Å². The van der Waals surface area contributed by atoms with Gasteiger partial charge in [0, 0.05) is 24.1 Å². The van der Waals surface area contributed by atoms with Crippen LogP contribution < -0.4 is 14.8 Å². The quantitative estimate of drug-likeness (QED) is 0.779. The molecule has 2 N–H and O–H groups in total. The third kappa shape index (κ3) is 3.76. The van der Waals surface area contributed by atoms with Crippen LogP contribution in [0.25, 0.3) is 0 Å². The van der Waals surface area contributed by atoms with Gasteiger partial charge in [0.1, 0.15) is 28.2 Å². The number of hydrogen-bond donors (Lipinski definition) is 2. The molecule has 0 unspecified atom stereocenters. The summed E-state index contributed by atoms with van der Waals surface area (Å²) in [7, 11) is 3.16. The first-order valence-electron chi connectivity index (χ1n) is 7.79. The molecule has 1 aromatic heterocycles. The number of nitrogens with one attached hydrogen (secondary N) is 1. The molecule has 1 fully saturated rings. The molecular weight excluding hydrogens is 346 g/mol. The summed E-state index contributed by atoms with van der Waals surface area (Å²) >= 11 is 6.17. The number of aromatic carboxylic acids is 1. The van der Waals surface area contributed by atoms with Crippen molar-refractivity contribution in [1.82, 2.24) is 9.97 Å². The zero-order valence-corrected chi connectivity index (χ0v) is 14.6. The number of halogens is 1. The predicted molar refractivity (Wildman–Crippen MR) is 92.8 cm³/mol. The summed E-state index contributed by atoms with van der Waals surface area (Å²) in [6.45, 7) is 0.368. The fraction of sp³-hybridized carbons (Fsp3) is 0.353. The first kappa shape index (κ1) is 17.3. The number of carbonyl (C=O) groups is 1. The molecule has 0 aliphatic heterocycles. The van der Waals surface area contributed by atoms with Gasteiger partial charge in [-0.2, -0.15) is 0 Å². The van der Waals surface area contributed by atoms with Crippen LogP contribution in [0.3, 0.4) is 0 Å². The molecule has 1 aromatic carbocycles. The lowest BCUT2D eigenvalue weighted by molar-refractivity contribution is 0.0690. The van der Waals surface area contributed by atoms with Crippen LogP contribution in [0.5, 0.6) is 11.5 Å². The maximum Gasteiger partial charge on any atom is 0.356 e. The van der Waals surface area contributed by atoms with Crippen molar-refractivity contribution in [2.45, 2.75) is 25.3 Å². The Bertz CT molecular complexity index is 809. The maximum absolute atomic E-state index is 11.4. The second kappa shape index (κ2) is 7.14. The summed E-state index contributed by atoms with van der Waals surface area (Å²) in [5, 5.41) is 12.4. The van der Waals surface area contributed by atoms with Crippen molar-refractivity contribution in [2.75, 3.05) is 19.5 Å². The van der Waals surface area contributed by atoms with E-state index in [0.717, 1.165) is 18.4 Å². The van der Waals surface area contributed by atoms with E-state index in [4.69, 9.17) is 21.1 Å². The number of nitrogens with zero attached hydrogens (tertiary/aromatic N) is 2. The van der Waals surface area contributed by atoms with E-state index in [2.05, 4.69) is 15.3 Å². The van der Waals surface area contributed by atoms with Crippen molar-refractivity contribution in [3.05, 3.63) is 40.3 Å². The number of aromatic nitrogens is 2. The van der Waals surface area contributed by atoms with Gasteiger partial charge in [-0.3, -0.25) is 0 Å². The van der Waals surface area contributed by atoms with Crippen LogP contribution in [0.15, 0.2) is 18.2 Å². The lowest BCUT2D eigenvalue weighted by atomic mass is 10.2. The van der Waals surface area contributed by atoms with Crippen LogP contribution in [-0.4, -0.2) is 35.3 Å². The molecule has 1 aliphatic carbocycles. The summed E-state index contributed by atoms with van der Waals surface area (Å²) in [6.07, 6.45) is 1.93. The molecule has 0 saturated heterocycles. The van der Waals surface area contributed by atoms with Crippen LogP contribution >= 0.6 is 11.6 Å². The van der Waals surface area contributed by atoms with Gasteiger partial charge in [-0.25, -0.2) is 14.8 Å². The minimum Gasteiger partial charge on any atom is -0.497 e. The van der Waals surface area contributed by atoms with Crippen LogP contribution in [0.1, 0.15) is 40.6 Å². The minimum atomic E-state index is -1.17. The van der Waals surface area contributed by atoms with Crippen LogP contribution in [-0.2, 0) is 6.54 Å². The summed E-state index contributed by atoms with van der Waals surface area (Å²) in [5.74, 6) is 1.22. The molecule has 0 radical (unpaired) electrons. The normalized spacial score (nSPS) is 13.4. The van der Waals surface area contributed by atoms with Crippen molar-refractivity contribution in [3.63, 3.8) is 0 Å². The summed E-state index contributed by atoms with van der Waals surface area (Å²) in [5.41, 5.74) is 0.686. The van der Waals surface area contributed by atoms with Gasteiger partial charge in [-0.1, -0.05) is 11.6 Å². The Hall–Kier alpha value is -2.54. The molecule has 0 spiro atoms. The van der Waals surface area contributed by atoms with E-state index < -0.39 is 5.97 Å². The molecule has 0 atom stereocenters. The van der Waals surface area contributed by atoms with E-state index >= 15 is 0 Å². The molecule has 1 saturated carbocycles. The van der Waals surface area contributed by atoms with Crippen LogP contribution in [0.2, 0.25) is 5.02 Å². The van der Waals surface area contributed by atoms with Crippen molar-refractivity contribution in [2.24, 2.45) is 0 Å². The molecule has 1 heterocycles. The number of benzene rings is 1. The summed E-state index contributed by atoms with van der Waals surface area (Å²) in [6, 6.07) is 5.45. The number of hydrogen-bond acceptors (Lipinski definition) is 6. The van der Waals surface area contributed by atoms with Gasteiger partial charge in [0.25, 0.3) is 0 Å². The van der Waals surface area contributed by atoms with Crippen molar-refractivity contribution >= 4 is 23.4 Å². The number of rotatable bonds is 7. The Morgan fingerprint density at radius 1 is 1.32 bits per heavy atom. The lowest BCUT2D eigenvalue weighted by Gasteiger charge is -2.13. The fourth-order valence-electron chi connectivity index (χ4n) is 2.42. The van der Waals surface area contributed by atoms with Gasteiger partial charge in [0.05, 0.1) is 14.2 Å². The molecule has 8 heteroatoms. The number of ether oxygens (including phenoxy) is 2. The Kier molecular flexibility index (Phi) is 4.94. The number of anilines is 1. The van der Waals surface area contributed by atoms with E-state index in [1.807, 2.05) is 12.1 Å². The molecule has 3 rings (SSSR count). The fourth-order valence-corrected chi connectivity index (χ4v) is 2.66. The summed E-state index contributed by atoms with van der Waals surface area (Å²) in [4.78, 5) is 19.9. The average Bonchev–Trinajstić information content (AvgIpc) is 3.45. The molecular formula is C17H18ClN3O4. The molecule has 7 nitrogen and oxygen atoms in total. The average molecular weight is 364 g/mol. The van der Waals surface area contributed by atoms with Gasteiger partial charge in [0.15, 0.2) is 5.69 Å². The van der Waals surface area contributed by atoms with Gasteiger partial charge in [-0.15, -0.1) is 0 Å². The molecule has 132 valence electrons. The topological polar surface area (TPSA) is 93.6 Å². The largest absolute Gasteiger partial charge is 0.497 e. The third-order valence-electron chi connectivity index (χ3n) is 3.95. The Balaban J connectivity index is 1.87. The monoisotopic (exact) mass is 363 g/mol. The first-order chi connectivity index (χ1) is 12.0. The maximum atomic E-state index is 11.4. The second-order valence-corrected chi connectivity index (χ2v) is 6.08. The standard InChI is InChI=1S/C17H18ClN3O4/c1-24-11-6-5-10(12(7-11)25-2)8-19-16-13(18)14(17(22)23)20-15(21-16)9-3-4-9/h5-7,9H,3-4,8H2,1-2H3,(H,22,23)(H,19,20,21).